The van der Waals surface area contributed by atoms with E-state index in [4.69, 9.17) is 16.3 Å². The lowest BCUT2D eigenvalue weighted by molar-refractivity contribution is 0.452. The highest BCUT2D eigenvalue weighted by Gasteiger charge is 2.09. The van der Waals surface area contributed by atoms with Crippen LogP contribution in [-0.2, 0) is 6.54 Å². The van der Waals surface area contributed by atoms with Gasteiger partial charge in [-0.05, 0) is 25.2 Å². The largest absolute Gasteiger partial charge is 0.437 e. The third kappa shape index (κ3) is 3.19. The SMILES string of the molecule is CNCc1cncnc1Oc1ccc(Br)cc1Cl. The van der Waals surface area contributed by atoms with E-state index in [9.17, 15) is 0 Å². The Morgan fingerprint density at radius 2 is 2.28 bits per heavy atom. The van der Waals surface area contributed by atoms with Crippen molar-refractivity contribution in [2.45, 2.75) is 6.54 Å². The summed E-state index contributed by atoms with van der Waals surface area (Å²) in [7, 11) is 1.85. The third-order valence-corrected chi connectivity index (χ3v) is 3.00. The fourth-order valence-electron chi connectivity index (χ4n) is 1.41. The van der Waals surface area contributed by atoms with Gasteiger partial charge in [-0.3, -0.25) is 0 Å². The molecular weight excluding hydrogens is 318 g/mol. The predicted molar refractivity (Wildman–Crippen MR) is 74.0 cm³/mol. The molecule has 0 saturated heterocycles. The van der Waals surface area contributed by atoms with E-state index in [2.05, 4.69) is 31.2 Å². The highest BCUT2D eigenvalue weighted by Crippen LogP contribution is 2.31. The van der Waals surface area contributed by atoms with E-state index in [1.54, 1.807) is 18.3 Å². The van der Waals surface area contributed by atoms with E-state index in [0.29, 0.717) is 23.2 Å². The lowest BCUT2D eigenvalue weighted by Crippen LogP contribution is -2.07. The maximum atomic E-state index is 6.09. The quantitative estimate of drug-likeness (QED) is 0.934. The van der Waals surface area contributed by atoms with Crippen molar-refractivity contribution >= 4 is 27.5 Å². The van der Waals surface area contributed by atoms with Crippen LogP contribution in [0.5, 0.6) is 11.6 Å². The average molecular weight is 329 g/mol. The van der Waals surface area contributed by atoms with Crippen LogP contribution < -0.4 is 10.1 Å². The first kappa shape index (κ1) is 13.3. The third-order valence-electron chi connectivity index (χ3n) is 2.21. The number of hydrogen-bond donors (Lipinski definition) is 1. The van der Waals surface area contributed by atoms with Crippen molar-refractivity contribution in [3.8, 4) is 11.6 Å². The first-order valence-corrected chi connectivity index (χ1v) is 6.44. The molecule has 1 heterocycles. The van der Waals surface area contributed by atoms with Crippen LogP contribution in [0.2, 0.25) is 5.02 Å². The lowest BCUT2D eigenvalue weighted by Gasteiger charge is -2.10. The maximum absolute atomic E-state index is 6.09. The summed E-state index contributed by atoms with van der Waals surface area (Å²) >= 11 is 9.44. The van der Waals surface area contributed by atoms with E-state index in [0.717, 1.165) is 10.0 Å². The van der Waals surface area contributed by atoms with Gasteiger partial charge in [0.05, 0.1) is 5.02 Å². The molecule has 1 N–H and O–H groups in total. The zero-order valence-electron chi connectivity index (χ0n) is 9.65. The Kier molecular flexibility index (Phi) is 4.52. The molecule has 2 aromatic rings. The number of benzene rings is 1. The molecule has 18 heavy (non-hydrogen) atoms. The summed E-state index contributed by atoms with van der Waals surface area (Å²) in [6.07, 6.45) is 3.16. The van der Waals surface area contributed by atoms with Crippen molar-refractivity contribution in [3.05, 3.63) is 45.8 Å². The Morgan fingerprint density at radius 3 is 3.00 bits per heavy atom. The van der Waals surface area contributed by atoms with Crippen molar-refractivity contribution in [1.82, 2.24) is 15.3 Å². The van der Waals surface area contributed by atoms with Crippen molar-refractivity contribution < 1.29 is 4.74 Å². The number of nitrogens with zero attached hydrogens (tertiary/aromatic N) is 2. The molecule has 1 aromatic carbocycles. The number of nitrogens with one attached hydrogen (secondary N) is 1. The number of halogens is 2. The van der Waals surface area contributed by atoms with Crippen LogP contribution in [0.1, 0.15) is 5.56 Å². The molecule has 1 aromatic heterocycles. The molecule has 2 rings (SSSR count). The summed E-state index contributed by atoms with van der Waals surface area (Å²) in [5.41, 5.74) is 0.874. The average Bonchev–Trinajstić information content (AvgIpc) is 2.35. The van der Waals surface area contributed by atoms with E-state index in [1.165, 1.54) is 6.33 Å². The molecule has 0 atom stereocenters. The van der Waals surface area contributed by atoms with E-state index < -0.39 is 0 Å². The van der Waals surface area contributed by atoms with Crippen LogP contribution in [0, 0.1) is 0 Å². The highest BCUT2D eigenvalue weighted by atomic mass is 79.9. The van der Waals surface area contributed by atoms with E-state index >= 15 is 0 Å². The zero-order chi connectivity index (χ0) is 13.0. The molecular formula is C12H11BrClN3O. The molecule has 0 aliphatic heterocycles. The molecule has 0 saturated carbocycles. The van der Waals surface area contributed by atoms with Gasteiger partial charge in [0.1, 0.15) is 12.1 Å². The Hall–Kier alpha value is -1.17. The molecule has 0 aliphatic rings. The molecule has 4 nitrogen and oxygen atoms in total. The Labute approximate surface area is 118 Å². The topological polar surface area (TPSA) is 47.0 Å². The fourth-order valence-corrected chi connectivity index (χ4v) is 2.12. The predicted octanol–water partition coefficient (Wildman–Crippen LogP) is 3.40. The van der Waals surface area contributed by atoms with Crippen molar-refractivity contribution in [3.63, 3.8) is 0 Å². The van der Waals surface area contributed by atoms with Gasteiger partial charge in [-0.2, -0.15) is 0 Å². The second-order valence-corrected chi connectivity index (χ2v) is 4.88. The molecule has 0 bridgehead atoms. The summed E-state index contributed by atoms with van der Waals surface area (Å²) < 4.78 is 6.60. The Balaban J connectivity index is 2.28. The van der Waals surface area contributed by atoms with Gasteiger partial charge in [0.2, 0.25) is 5.88 Å². The summed E-state index contributed by atoms with van der Waals surface area (Å²) in [4.78, 5) is 8.08. The van der Waals surface area contributed by atoms with Crippen molar-refractivity contribution in [2.24, 2.45) is 0 Å². The van der Waals surface area contributed by atoms with Gasteiger partial charge in [0, 0.05) is 22.8 Å². The first-order chi connectivity index (χ1) is 8.70. The van der Waals surface area contributed by atoms with E-state index in [-0.39, 0.29) is 0 Å². The highest BCUT2D eigenvalue weighted by molar-refractivity contribution is 9.10. The smallest absolute Gasteiger partial charge is 0.226 e. The van der Waals surface area contributed by atoms with E-state index in [1.807, 2.05) is 13.1 Å². The zero-order valence-corrected chi connectivity index (χ0v) is 12.0. The van der Waals surface area contributed by atoms with Crippen molar-refractivity contribution in [2.75, 3.05) is 7.05 Å². The van der Waals surface area contributed by atoms with Gasteiger partial charge in [-0.25, -0.2) is 9.97 Å². The van der Waals surface area contributed by atoms with Gasteiger partial charge < -0.3 is 10.1 Å². The minimum atomic E-state index is 0.503. The van der Waals surface area contributed by atoms with Gasteiger partial charge in [-0.1, -0.05) is 27.5 Å². The normalized spacial score (nSPS) is 10.4. The molecule has 94 valence electrons. The molecule has 0 aliphatic carbocycles. The van der Waals surface area contributed by atoms with Crippen LogP contribution in [-0.4, -0.2) is 17.0 Å². The standard InChI is InChI=1S/C12H11BrClN3O/c1-15-5-8-6-16-7-17-12(8)18-11-3-2-9(13)4-10(11)14/h2-4,6-7,15H,5H2,1H3. The van der Waals surface area contributed by atoms with Crippen LogP contribution in [0.15, 0.2) is 35.2 Å². The second-order valence-electron chi connectivity index (χ2n) is 3.56. The van der Waals surface area contributed by atoms with Gasteiger partial charge in [0.15, 0.2) is 0 Å². The Morgan fingerprint density at radius 1 is 1.44 bits per heavy atom. The molecule has 0 radical (unpaired) electrons. The summed E-state index contributed by atoms with van der Waals surface area (Å²) in [6, 6.07) is 5.42. The summed E-state index contributed by atoms with van der Waals surface area (Å²) in [5, 5.41) is 3.56. The number of ether oxygens (including phenoxy) is 1. The number of rotatable bonds is 4. The first-order valence-electron chi connectivity index (χ1n) is 5.27. The van der Waals surface area contributed by atoms with Crippen LogP contribution in [0.25, 0.3) is 0 Å². The van der Waals surface area contributed by atoms with Gasteiger partial charge in [-0.15, -0.1) is 0 Å². The number of aromatic nitrogens is 2. The molecule has 0 spiro atoms. The monoisotopic (exact) mass is 327 g/mol. The Bertz CT molecular complexity index is 551. The minimum Gasteiger partial charge on any atom is -0.437 e. The van der Waals surface area contributed by atoms with Crippen molar-refractivity contribution in [1.29, 1.82) is 0 Å². The minimum absolute atomic E-state index is 0.503. The molecule has 6 heteroatoms. The second kappa shape index (κ2) is 6.13. The lowest BCUT2D eigenvalue weighted by atomic mass is 10.3. The summed E-state index contributed by atoms with van der Waals surface area (Å²) in [6.45, 7) is 0.629. The van der Waals surface area contributed by atoms with Gasteiger partial charge in [0.25, 0.3) is 0 Å². The molecule has 0 unspecified atom stereocenters. The van der Waals surface area contributed by atoms with Crippen LogP contribution in [0.3, 0.4) is 0 Å². The maximum Gasteiger partial charge on any atom is 0.226 e. The van der Waals surface area contributed by atoms with Crippen LogP contribution >= 0.6 is 27.5 Å². The summed E-state index contributed by atoms with van der Waals surface area (Å²) in [5.74, 6) is 1.07. The molecule has 0 amide bonds. The van der Waals surface area contributed by atoms with Gasteiger partial charge >= 0.3 is 0 Å². The van der Waals surface area contributed by atoms with Crippen LogP contribution in [0.4, 0.5) is 0 Å². The fraction of sp³-hybridized carbons (Fsp3) is 0.167. The number of hydrogen-bond acceptors (Lipinski definition) is 4. The molecule has 0 fully saturated rings.